The Bertz CT molecular complexity index is 1710. The zero-order chi connectivity index (χ0) is 34.5. The second-order valence-electron chi connectivity index (χ2n) is 10.7. The number of nitrogens with zero attached hydrogens (tertiary/aromatic N) is 5. The molecule has 1 aliphatic rings. The number of amides is 1. The lowest BCUT2D eigenvalue weighted by atomic mass is 10.0. The molecular formula is C28H31F3N6O9S. The highest BCUT2D eigenvalue weighted by Crippen LogP contribution is 2.33. The van der Waals surface area contributed by atoms with Gasteiger partial charge in [0.2, 0.25) is 5.28 Å². The van der Waals surface area contributed by atoms with E-state index in [1.807, 2.05) is 6.92 Å². The lowest BCUT2D eigenvalue weighted by molar-refractivity contribution is -0.728. The molecule has 1 amide bonds. The van der Waals surface area contributed by atoms with Crippen LogP contribution < -0.4 is 4.72 Å². The third-order valence-electron chi connectivity index (χ3n) is 6.45. The maximum absolute atomic E-state index is 13.5. The van der Waals surface area contributed by atoms with E-state index in [2.05, 4.69) is 10.4 Å². The number of benzene rings is 2. The van der Waals surface area contributed by atoms with Crippen LogP contribution in [0.5, 0.6) is 0 Å². The first-order valence-electron chi connectivity index (χ1n) is 14.0. The topological polar surface area (TPSA) is 177 Å². The molecule has 2 aromatic carbocycles. The molecule has 1 saturated heterocycles. The third-order valence-corrected chi connectivity index (χ3v) is 7.77. The van der Waals surface area contributed by atoms with E-state index in [1.165, 1.54) is 24.1 Å². The van der Waals surface area contributed by atoms with Gasteiger partial charge in [-0.15, -0.1) is 5.01 Å². The summed E-state index contributed by atoms with van der Waals surface area (Å²) in [6, 6.07) is 12.4. The summed E-state index contributed by atoms with van der Waals surface area (Å²) in [5, 5.41) is 20.1. The number of alkyl halides is 3. The highest BCUT2D eigenvalue weighted by atomic mass is 32.2. The first kappa shape index (κ1) is 34.8. The largest absolute Gasteiger partial charge is 0.569 e. The minimum absolute atomic E-state index is 0.0938. The molecule has 0 aliphatic carbocycles. The van der Waals surface area contributed by atoms with Crippen LogP contribution in [0.25, 0.3) is 16.9 Å². The molecule has 0 radical (unpaired) electrons. The molecule has 1 unspecified atom stereocenters. The van der Waals surface area contributed by atoms with Crippen molar-refractivity contribution in [1.29, 1.82) is 0 Å². The zero-order valence-corrected chi connectivity index (χ0v) is 26.3. The first-order chi connectivity index (χ1) is 22.0. The number of rotatable bonds is 11. The van der Waals surface area contributed by atoms with Gasteiger partial charge in [-0.3, -0.25) is 4.84 Å². The number of hydrazine groups is 1. The summed E-state index contributed by atoms with van der Waals surface area (Å²) in [6.07, 6.45) is -8.60. The average molecular weight is 685 g/mol. The smallest absolute Gasteiger partial charge is 0.511 e. The fourth-order valence-corrected chi connectivity index (χ4v) is 5.02. The van der Waals surface area contributed by atoms with Crippen molar-refractivity contribution in [3.63, 3.8) is 0 Å². The summed E-state index contributed by atoms with van der Waals surface area (Å²) >= 11 is 0. The van der Waals surface area contributed by atoms with E-state index in [1.54, 1.807) is 42.8 Å². The molecule has 15 nitrogen and oxygen atoms in total. The van der Waals surface area contributed by atoms with Crippen LogP contribution in [-0.4, -0.2) is 72.5 Å². The van der Waals surface area contributed by atoms with Crippen molar-refractivity contribution >= 4 is 22.3 Å². The normalized spacial score (nSPS) is 14.7. The van der Waals surface area contributed by atoms with Crippen molar-refractivity contribution in [3.05, 3.63) is 71.1 Å². The molecule has 3 aromatic rings. The molecule has 2 heterocycles. The van der Waals surface area contributed by atoms with Crippen molar-refractivity contribution < 1.29 is 55.2 Å². The molecule has 1 aliphatic heterocycles. The van der Waals surface area contributed by atoms with Crippen molar-refractivity contribution in [2.75, 3.05) is 19.7 Å². The SMILES string of the molecule is Cc1ccc(-c2cc(C(F)(F)F)nn2-c2ccc(S(=O)(=O)NC(=O)OCC3CN(/[N+]([O-])=N/OC(C)OC(=O)OC(C)C)C3)cc2)cc1. The van der Waals surface area contributed by atoms with Crippen LogP contribution in [0.15, 0.2) is 64.8 Å². The Kier molecular flexibility index (Phi) is 10.5. The second kappa shape index (κ2) is 14.1. The number of carbonyl (C=O) groups is 2. The van der Waals surface area contributed by atoms with Gasteiger partial charge in [0.05, 0.1) is 47.0 Å². The van der Waals surface area contributed by atoms with E-state index in [4.69, 9.17) is 19.0 Å². The van der Waals surface area contributed by atoms with Crippen molar-refractivity contribution in [2.45, 2.75) is 51.2 Å². The van der Waals surface area contributed by atoms with Gasteiger partial charge < -0.3 is 19.4 Å². The van der Waals surface area contributed by atoms with Gasteiger partial charge in [-0.05, 0) is 51.1 Å². The number of carbonyl (C=O) groups excluding carboxylic acids is 2. The Labute approximate surface area is 267 Å². The van der Waals surface area contributed by atoms with E-state index in [-0.39, 0.29) is 46.9 Å². The van der Waals surface area contributed by atoms with Gasteiger partial charge in [-0.1, -0.05) is 29.8 Å². The van der Waals surface area contributed by atoms with Gasteiger partial charge in [0.1, 0.15) is 0 Å². The van der Waals surface area contributed by atoms with Gasteiger partial charge in [-0.2, -0.15) is 18.3 Å². The number of ether oxygens (including phenoxy) is 3. The molecule has 19 heteroatoms. The van der Waals surface area contributed by atoms with Crippen molar-refractivity contribution in [1.82, 2.24) is 19.5 Å². The molecule has 0 bridgehead atoms. The maximum atomic E-state index is 13.5. The van der Waals surface area contributed by atoms with Crippen LogP contribution in [-0.2, 0) is 35.2 Å². The Morgan fingerprint density at radius 3 is 2.32 bits per heavy atom. The summed E-state index contributed by atoms with van der Waals surface area (Å²) in [7, 11) is -4.41. The summed E-state index contributed by atoms with van der Waals surface area (Å²) in [5.41, 5.74) is 0.525. The maximum Gasteiger partial charge on any atom is 0.511 e. The molecule has 47 heavy (non-hydrogen) atoms. The van der Waals surface area contributed by atoms with Crippen LogP contribution in [0.3, 0.4) is 0 Å². The van der Waals surface area contributed by atoms with Gasteiger partial charge >= 0.3 is 18.4 Å². The molecule has 0 saturated carbocycles. The van der Waals surface area contributed by atoms with Crippen LogP contribution in [0.4, 0.5) is 22.8 Å². The summed E-state index contributed by atoms with van der Waals surface area (Å²) in [5.74, 6) is -0.331. The first-order valence-corrected chi connectivity index (χ1v) is 15.5. The van der Waals surface area contributed by atoms with E-state index in [0.717, 1.165) is 28.4 Å². The number of nitrogens with one attached hydrogen (secondary N) is 1. The molecule has 4 rings (SSSR count). The molecule has 254 valence electrons. The van der Waals surface area contributed by atoms with Crippen LogP contribution in [0.1, 0.15) is 32.0 Å². The van der Waals surface area contributed by atoms with Gasteiger partial charge in [-0.25, -0.2) is 27.4 Å². The Balaban J connectivity index is 1.30. The van der Waals surface area contributed by atoms with Crippen LogP contribution in [0, 0.1) is 18.0 Å². The Morgan fingerprint density at radius 2 is 1.72 bits per heavy atom. The number of hydrogen-bond acceptors (Lipinski definition) is 11. The molecule has 1 fully saturated rings. The van der Waals surface area contributed by atoms with E-state index >= 15 is 0 Å². The van der Waals surface area contributed by atoms with Crippen molar-refractivity contribution in [3.8, 4) is 16.9 Å². The highest BCUT2D eigenvalue weighted by Gasteiger charge is 2.36. The van der Waals surface area contributed by atoms with Crippen LogP contribution in [0.2, 0.25) is 0 Å². The molecule has 1 aromatic heterocycles. The minimum atomic E-state index is -4.71. The minimum Gasteiger partial charge on any atom is -0.569 e. The molecular weight excluding hydrogens is 653 g/mol. The standard InChI is InChI=1S/C28H31F3N6O9S/c1-17(2)44-27(39)45-19(4)46-34-37(40)35-14-20(15-35)16-43-26(38)33-47(41,42)23-11-9-22(10-12-23)36-24(13-25(32-36)28(29,30)31)21-7-5-18(3)6-8-21/h5-13,17,19-20H,14-16H2,1-4H3,(H,33,38)/b37-34-. The van der Waals surface area contributed by atoms with Gasteiger partial charge in [0.15, 0.2) is 5.69 Å². The van der Waals surface area contributed by atoms with E-state index < -0.39 is 46.5 Å². The predicted molar refractivity (Wildman–Crippen MR) is 155 cm³/mol. The monoisotopic (exact) mass is 684 g/mol. The predicted octanol–water partition coefficient (Wildman–Crippen LogP) is 4.93. The molecule has 1 atom stereocenters. The summed E-state index contributed by atoms with van der Waals surface area (Å²) < 4.78 is 83.3. The second-order valence-corrected chi connectivity index (χ2v) is 12.4. The van der Waals surface area contributed by atoms with Crippen molar-refractivity contribution in [2.24, 2.45) is 11.2 Å². The number of aromatic nitrogens is 2. The third kappa shape index (κ3) is 9.24. The van der Waals surface area contributed by atoms with Crippen LogP contribution >= 0.6 is 0 Å². The van der Waals surface area contributed by atoms with Gasteiger partial charge in [0.25, 0.3) is 16.3 Å². The molecule has 1 N–H and O–H groups in total. The fourth-order valence-electron chi connectivity index (χ4n) is 4.13. The van der Waals surface area contributed by atoms with Gasteiger partial charge in [0, 0.05) is 18.4 Å². The average Bonchev–Trinajstić information content (AvgIpc) is 3.41. The quantitative estimate of drug-likeness (QED) is 0.0953. The number of aryl methyl sites for hydroxylation is 1. The zero-order valence-electron chi connectivity index (χ0n) is 25.5. The number of hydrogen-bond donors (Lipinski definition) is 1. The van der Waals surface area contributed by atoms with E-state index in [0.29, 0.717) is 5.56 Å². The lowest BCUT2D eigenvalue weighted by Crippen LogP contribution is -2.52. The Hall–Kier alpha value is -5.07. The highest BCUT2D eigenvalue weighted by molar-refractivity contribution is 7.90. The number of sulfonamides is 1. The summed E-state index contributed by atoms with van der Waals surface area (Å²) in [4.78, 5) is 28.2. The number of halogens is 3. The van der Waals surface area contributed by atoms with E-state index in [9.17, 15) is 36.4 Å². The fraction of sp³-hybridized carbons (Fsp3) is 0.393. The Morgan fingerprint density at radius 1 is 1.09 bits per heavy atom. The lowest BCUT2D eigenvalue weighted by Gasteiger charge is -2.33. The summed E-state index contributed by atoms with van der Waals surface area (Å²) in [6.45, 7) is 6.36. The molecule has 0 spiro atoms.